The van der Waals surface area contributed by atoms with E-state index in [1.807, 2.05) is 0 Å². The van der Waals surface area contributed by atoms with E-state index in [9.17, 15) is 19.8 Å². The van der Waals surface area contributed by atoms with Crippen molar-refractivity contribution >= 4 is 11.9 Å². The highest BCUT2D eigenvalue weighted by Crippen LogP contribution is 2.18. The van der Waals surface area contributed by atoms with E-state index < -0.39 is 0 Å². The Hall–Kier alpha value is -3.02. The first-order valence-electron chi connectivity index (χ1n) is 10.4. The molecule has 0 atom stereocenters. The van der Waals surface area contributed by atoms with E-state index >= 15 is 0 Å². The van der Waals surface area contributed by atoms with Crippen molar-refractivity contribution in [3.05, 3.63) is 59.7 Å². The van der Waals surface area contributed by atoms with Gasteiger partial charge < -0.3 is 19.7 Å². The molecule has 2 N–H and O–H groups in total. The minimum Gasteiger partial charge on any atom is -0.508 e. The van der Waals surface area contributed by atoms with Crippen LogP contribution in [-0.4, -0.2) is 22.2 Å². The van der Waals surface area contributed by atoms with Crippen molar-refractivity contribution in [2.24, 2.45) is 0 Å². The van der Waals surface area contributed by atoms with Crippen LogP contribution in [0.4, 0.5) is 0 Å². The molecule has 0 unspecified atom stereocenters. The van der Waals surface area contributed by atoms with Crippen molar-refractivity contribution in [1.29, 1.82) is 0 Å². The molecule has 6 nitrogen and oxygen atoms in total. The lowest BCUT2D eigenvalue weighted by molar-refractivity contribution is -0.146. The molecule has 0 spiro atoms. The molecule has 0 bridgehead atoms. The maximum absolute atomic E-state index is 11.8. The molecule has 2 aromatic carbocycles. The summed E-state index contributed by atoms with van der Waals surface area (Å²) in [6, 6.07) is 13.6. The van der Waals surface area contributed by atoms with Crippen LogP contribution in [0.2, 0.25) is 0 Å². The molecule has 0 saturated carbocycles. The van der Waals surface area contributed by atoms with Gasteiger partial charge in [-0.25, -0.2) is 0 Å². The third-order valence-electron chi connectivity index (χ3n) is 4.77. The molecule has 2 rings (SSSR count). The third-order valence-corrected chi connectivity index (χ3v) is 4.77. The van der Waals surface area contributed by atoms with E-state index in [0.29, 0.717) is 24.0 Å². The first kappa shape index (κ1) is 23.3. The molecule has 0 radical (unpaired) electrons. The molecule has 0 aliphatic heterocycles. The van der Waals surface area contributed by atoms with Crippen LogP contribution in [0.25, 0.3) is 0 Å². The summed E-state index contributed by atoms with van der Waals surface area (Å²) >= 11 is 0. The maximum Gasteiger partial charge on any atom is 0.306 e. The quantitative estimate of drug-likeness (QED) is 0.354. The second-order valence-electron chi connectivity index (χ2n) is 7.20. The van der Waals surface area contributed by atoms with Gasteiger partial charge in [-0.1, -0.05) is 62.1 Å². The van der Waals surface area contributed by atoms with Gasteiger partial charge in [0.2, 0.25) is 0 Å². The monoisotopic (exact) mass is 414 g/mol. The molecular weight excluding hydrogens is 384 g/mol. The number of unbranched alkanes of at least 4 members (excludes halogenated alkanes) is 5. The largest absolute Gasteiger partial charge is 0.508 e. The highest BCUT2D eigenvalue weighted by Gasteiger charge is 2.07. The Bertz CT molecular complexity index is 734. The highest BCUT2D eigenvalue weighted by atomic mass is 16.5. The summed E-state index contributed by atoms with van der Waals surface area (Å²) in [6.45, 7) is 0.178. The fourth-order valence-electron chi connectivity index (χ4n) is 2.97. The molecule has 0 aliphatic carbocycles. The van der Waals surface area contributed by atoms with Crippen LogP contribution in [0, 0.1) is 0 Å². The lowest BCUT2D eigenvalue weighted by Gasteiger charge is -2.07. The summed E-state index contributed by atoms with van der Waals surface area (Å²) in [6.07, 6.45) is 6.13. The van der Waals surface area contributed by atoms with E-state index in [4.69, 9.17) is 9.47 Å². The summed E-state index contributed by atoms with van der Waals surface area (Å²) in [5.41, 5.74) is 1.20. The fraction of sp³-hybridized carbons (Fsp3) is 0.417. The van der Waals surface area contributed by atoms with Crippen molar-refractivity contribution < 1.29 is 29.3 Å². The molecule has 0 heterocycles. The molecule has 162 valence electrons. The smallest absolute Gasteiger partial charge is 0.306 e. The minimum absolute atomic E-state index is 0.0888. The van der Waals surface area contributed by atoms with E-state index in [1.165, 1.54) is 0 Å². The van der Waals surface area contributed by atoms with Crippen molar-refractivity contribution in [1.82, 2.24) is 0 Å². The average Bonchev–Trinajstić information content (AvgIpc) is 2.74. The van der Waals surface area contributed by atoms with Crippen molar-refractivity contribution in [3.63, 3.8) is 0 Å². The number of phenolic OH excluding ortho intramolecular Hbond substituents is 2. The molecule has 0 saturated heterocycles. The predicted octanol–water partition coefficient (Wildman–Crippen LogP) is 5.01. The normalized spacial score (nSPS) is 10.5. The van der Waals surface area contributed by atoms with Gasteiger partial charge in [0.15, 0.2) is 0 Å². The van der Waals surface area contributed by atoms with Gasteiger partial charge in [0.1, 0.15) is 24.7 Å². The van der Waals surface area contributed by atoms with Crippen LogP contribution in [0.3, 0.4) is 0 Å². The van der Waals surface area contributed by atoms with Gasteiger partial charge in [-0.3, -0.25) is 9.59 Å². The maximum atomic E-state index is 11.8. The van der Waals surface area contributed by atoms with Crippen LogP contribution < -0.4 is 0 Å². The number of phenols is 2. The Kier molecular flexibility index (Phi) is 10.3. The van der Waals surface area contributed by atoms with Crippen molar-refractivity contribution in [3.8, 4) is 11.5 Å². The lowest BCUT2D eigenvalue weighted by Crippen LogP contribution is -2.04. The Morgan fingerprint density at radius 2 is 0.967 bits per heavy atom. The van der Waals surface area contributed by atoms with Crippen molar-refractivity contribution in [2.75, 3.05) is 0 Å². The van der Waals surface area contributed by atoms with Crippen LogP contribution in [0.5, 0.6) is 11.5 Å². The number of para-hydroxylation sites is 2. The Morgan fingerprint density at radius 3 is 1.37 bits per heavy atom. The summed E-state index contributed by atoms with van der Waals surface area (Å²) in [5.74, 6) is -0.254. The van der Waals surface area contributed by atoms with Gasteiger partial charge in [-0.2, -0.15) is 0 Å². The zero-order chi connectivity index (χ0) is 21.6. The number of hydrogen-bond acceptors (Lipinski definition) is 6. The molecule has 0 amide bonds. The van der Waals surface area contributed by atoms with Gasteiger partial charge in [0.25, 0.3) is 0 Å². The van der Waals surface area contributed by atoms with Gasteiger partial charge in [0, 0.05) is 24.0 Å². The van der Waals surface area contributed by atoms with Gasteiger partial charge in [-0.05, 0) is 25.0 Å². The molecule has 0 aliphatic rings. The highest BCUT2D eigenvalue weighted by molar-refractivity contribution is 5.69. The Labute approximate surface area is 177 Å². The number of aromatic hydroxyl groups is 2. The second-order valence-corrected chi connectivity index (χ2v) is 7.20. The number of carbonyl (C=O) groups is 2. The van der Waals surface area contributed by atoms with Gasteiger partial charge >= 0.3 is 11.9 Å². The van der Waals surface area contributed by atoms with E-state index in [2.05, 4.69) is 0 Å². The number of rotatable bonds is 13. The lowest BCUT2D eigenvalue weighted by atomic mass is 10.1. The second kappa shape index (κ2) is 13.2. The van der Waals surface area contributed by atoms with Gasteiger partial charge in [0.05, 0.1) is 0 Å². The summed E-state index contributed by atoms with van der Waals surface area (Å²) in [7, 11) is 0. The first-order chi connectivity index (χ1) is 14.6. The topological polar surface area (TPSA) is 93.1 Å². The molecule has 0 aromatic heterocycles. The van der Waals surface area contributed by atoms with E-state index in [0.717, 1.165) is 38.5 Å². The Balaban J connectivity index is 1.43. The molecule has 2 aromatic rings. The zero-order valence-corrected chi connectivity index (χ0v) is 17.2. The van der Waals surface area contributed by atoms with Crippen LogP contribution in [0.15, 0.2) is 48.5 Å². The van der Waals surface area contributed by atoms with Crippen molar-refractivity contribution in [2.45, 2.75) is 64.6 Å². The number of benzene rings is 2. The summed E-state index contributed by atoms with van der Waals surface area (Å²) in [4.78, 5) is 23.5. The summed E-state index contributed by atoms with van der Waals surface area (Å²) < 4.78 is 10.4. The number of hydrogen-bond donors (Lipinski definition) is 2. The van der Waals surface area contributed by atoms with E-state index in [1.54, 1.807) is 48.5 Å². The van der Waals surface area contributed by atoms with Crippen LogP contribution >= 0.6 is 0 Å². The molecule has 6 heteroatoms. The first-order valence-corrected chi connectivity index (χ1v) is 10.4. The molecule has 30 heavy (non-hydrogen) atoms. The van der Waals surface area contributed by atoms with E-state index in [-0.39, 0.29) is 36.7 Å². The standard InChI is InChI=1S/C24H30O6/c25-21-13-9-7-11-19(21)17-29-23(27)15-5-3-1-2-4-6-16-24(28)30-18-20-12-8-10-14-22(20)26/h7-14,25-26H,1-6,15-18H2. The summed E-state index contributed by atoms with van der Waals surface area (Å²) in [5, 5.41) is 19.3. The third kappa shape index (κ3) is 8.99. The SMILES string of the molecule is O=C(CCCCCCCCC(=O)OCc1ccccc1O)OCc1ccccc1O. The Morgan fingerprint density at radius 1 is 0.600 bits per heavy atom. The average molecular weight is 414 g/mol. The molecular formula is C24H30O6. The zero-order valence-electron chi connectivity index (χ0n) is 17.2. The number of carbonyl (C=O) groups excluding carboxylic acids is 2. The number of ether oxygens (including phenoxy) is 2. The molecule has 0 fully saturated rings. The minimum atomic E-state index is -0.259. The fourth-order valence-corrected chi connectivity index (χ4v) is 2.97. The number of esters is 2. The predicted molar refractivity (Wildman–Crippen MR) is 113 cm³/mol. The van der Waals surface area contributed by atoms with Gasteiger partial charge in [-0.15, -0.1) is 0 Å². The van der Waals surface area contributed by atoms with Crippen LogP contribution in [-0.2, 0) is 32.3 Å². The van der Waals surface area contributed by atoms with Crippen LogP contribution in [0.1, 0.15) is 62.5 Å².